The lowest BCUT2D eigenvalue weighted by molar-refractivity contribution is -0.143. The van der Waals surface area contributed by atoms with Gasteiger partial charge in [-0.2, -0.15) is 0 Å². The molecule has 0 heterocycles. The van der Waals surface area contributed by atoms with Gasteiger partial charge in [-0.15, -0.1) is 0 Å². The minimum atomic E-state index is -0.864. The van der Waals surface area contributed by atoms with Crippen molar-refractivity contribution in [2.24, 2.45) is 0 Å². The number of rotatable bonds is 44. The monoisotopic (exact) mass is 776 g/mol. The third-order valence-electron chi connectivity index (χ3n) is 11.0. The number of aliphatic hydroxyl groups is 2. The molecule has 0 radical (unpaired) electrons. The van der Waals surface area contributed by atoms with Gasteiger partial charge < -0.3 is 20.3 Å². The molecule has 55 heavy (non-hydrogen) atoms. The van der Waals surface area contributed by atoms with E-state index < -0.39 is 12.1 Å². The van der Waals surface area contributed by atoms with Gasteiger partial charge in [0.05, 0.1) is 25.4 Å². The first kappa shape index (κ1) is 53.3. The summed E-state index contributed by atoms with van der Waals surface area (Å²) >= 11 is 0. The maximum Gasteiger partial charge on any atom is 0.305 e. The normalized spacial score (nSPS) is 12.9. The average molecular weight is 776 g/mol. The number of esters is 1. The second-order valence-corrected chi connectivity index (χ2v) is 16.4. The van der Waals surface area contributed by atoms with E-state index in [0.717, 1.165) is 77.0 Å². The molecule has 0 spiro atoms. The number of carbonyl (C=O) groups is 2. The molecule has 2 unspecified atom stereocenters. The van der Waals surface area contributed by atoms with Crippen LogP contribution in [-0.2, 0) is 14.3 Å². The van der Waals surface area contributed by atoms with Gasteiger partial charge in [-0.05, 0) is 57.8 Å². The summed E-state index contributed by atoms with van der Waals surface area (Å²) in [6.07, 6.45) is 51.7. The lowest BCUT2D eigenvalue weighted by Crippen LogP contribution is -2.45. The number of unbranched alkanes of at least 4 members (excludes halogenated alkanes) is 31. The SMILES string of the molecule is CCCCCCCCCCCCCCC/C=C/C(O)C(CO)NC(=O)CCCCCC/C=C\CCCCOC(=O)CCCCCCCCCCCCCCC. The van der Waals surface area contributed by atoms with Gasteiger partial charge >= 0.3 is 5.97 Å². The number of aliphatic hydroxyl groups excluding tert-OH is 2. The van der Waals surface area contributed by atoms with Gasteiger partial charge in [0.1, 0.15) is 0 Å². The summed E-state index contributed by atoms with van der Waals surface area (Å²) in [7, 11) is 0. The van der Waals surface area contributed by atoms with Crippen molar-refractivity contribution in [3.8, 4) is 0 Å². The smallest absolute Gasteiger partial charge is 0.305 e. The van der Waals surface area contributed by atoms with Crippen LogP contribution in [-0.4, -0.2) is 47.4 Å². The Balaban J connectivity index is 3.57. The van der Waals surface area contributed by atoms with Crippen molar-refractivity contribution in [2.45, 2.75) is 264 Å². The Kier molecular flexibility index (Phi) is 43.7. The molecule has 0 aliphatic heterocycles. The number of hydrogen-bond donors (Lipinski definition) is 3. The molecular formula is C49H93NO5. The van der Waals surface area contributed by atoms with Gasteiger partial charge in [0.15, 0.2) is 0 Å². The van der Waals surface area contributed by atoms with Crippen molar-refractivity contribution in [1.82, 2.24) is 5.32 Å². The van der Waals surface area contributed by atoms with E-state index in [1.54, 1.807) is 6.08 Å². The van der Waals surface area contributed by atoms with Gasteiger partial charge in [-0.3, -0.25) is 9.59 Å². The molecule has 6 nitrogen and oxygen atoms in total. The largest absolute Gasteiger partial charge is 0.466 e. The van der Waals surface area contributed by atoms with Crippen LogP contribution in [0.4, 0.5) is 0 Å². The number of ether oxygens (including phenoxy) is 1. The molecule has 2 atom stereocenters. The number of amides is 1. The molecule has 0 aromatic heterocycles. The summed E-state index contributed by atoms with van der Waals surface area (Å²) in [6.45, 7) is 4.81. The molecule has 0 fully saturated rings. The van der Waals surface area contributed by atoms with Crippen LogP contribution in [0.1, 0.15) is 251 Å². The van der Waals surface area contributed by atoms with E-state index in [2.05, 4.69) is 31.3 Å². The number of nitrogens with one attached hydrogen (secondary N) is 1. The molecule has 1 amide bonds. The molecule has 3 N–H and O–H groups in total. The fourth-order valence-electron chi connectivity index (χ4n) is 7.21. The molecule has 0 rings (SSSR count). The number of carbonyl (C=O) groups excluding carboxylic acids is 2. The van der Waals surface area contributed by atoms with Gasteiger partial charge in [0, 0.05) is 12.8 Å². The Morgan fingerprint density at radius 3 is 1.29 bits per heavy atom. The van der Waals surface area contributed by atoms with E-state index in [1.807, 2.05) is 6.08 Å². The van der Waals surface area contributed by atoms with Crippen LogP contribution in [0.5, 0.6) is 0 Å². The first-order valence-corrected chi connectivity index (χ1v) is 24.1. The van der Waals surface area contributed by atoms with Crippen LogP contribution >= 0.6 is 0 Å². The topological polar surface area (TPSA) is 95.9 Å². The standard InChI is InChI=1S/C49H93NO5/c1-3-5-7-9-11-13-15-17-18-20-21-25-29-33-37-41-47(52)46(45-51)50-48(53)42-38-34-30-26-23-24-28-32-36-40-44-55-49(54)43-39-35-31-27-22-19-16-14-12-10-8-6-4-2/h24,28,37,41,46-47,51-52H,3-23,25-27,29-36,38-40,42-45H2,1-2H3,(H,50,53)/b28-24-,41-37+. The summed E-state index contributed by atoms with van der Waals surface area (Å²) in [5, 5.41) is 23.0. The van der Waals surface area contributed by atoms with E-state index in [1.165, 1.54) is 148 Å². The molecule has 0 saturated heterocycles. The van der Waals surface area contributed by atoms with Crippen LogP contribution in [0.25, 0.3) is 0 Å². The van der Waals surface area contributed by atoms with Crippen molar-refractivity contribution >= 4 is 11.9 Å². The predicted molar refractivity (Wildman–Crippen MR) is 236 cm³/mol. The Hall–Kier alpha value is -1.66. The summed E-state index contributed by atoms with van der Waals surface area (Å²) in [4.78, 5) is 24.4. The minimum Gasteiger partial charge on any atom is -0.466 e. The highest BCUT2D eigenvalue weighted by atomic mass is 16.5. The molecule has 0 aliphatic carbocycles. The number of allylic oxidation sites excluding steroid dienone is 3. The predicted octanol–water partition coefficient (Wildman–Crippen LogP) is 14.0. The minimum absolute atomic E-state index is 0.0374. The lowest BCUT2D eigenvalue weighted by Gasteiger charge is -2.20. The van der Waals surface area contributed by atoms with Crippen LogP contribution in [0, 0.1) is 0 Å². The summed E-state index contributed by atoms with van der Waals surface area (Å²) < 4.78 is 5.42. The molecule has 6 heteroatoms. The molecule has 0 aliphatic rings. The van der Waals surface area contributed by atoms with Crippen molar-refractivity contribution < 1.29 is 24.5 Å². The fraction of sp³-hybridized carbons (Fsp3) is 0.878. The second kappa shape index (κ2) is 45.0. The summed E-state index contributed by atoms with van der Waals surface area (Å²) in [6, 6.07) is -0.651. The molecule has 0 saturated carbocycles. The first-order valence-electron chi connectivity index (χ1n) is 24.1. The van der Waals surface area contributed by atoms with Gasteiger partial charge in [0.25, 0.3) is 0 Å². The van der Waals surface area contributed by atoms with Crippen molar-refractivity contribution in [1.29, 1.82) is 0 Å². The van der Waals surface area contributed by atoms with E-state index in [0.29, 0.717) is 19.4 Å². The maximum absolute atomic E-state index is 12.4. The van der Waals surface area contributed by atoms with Crippen molar-refractivity contribution in [3.63, 3.8) is 0 Å². The van der Waals surface area contributed by atoms with Gasteiger partial charge in [-0.25, -0.2) is 0 Å². The van der Waals surface area contributed by atoms with Gasteiger partial charge in [-0.1, -0.05) is 205 Å². The molecular weight excluding hydrogens is 683 g/mol. The highest BCUT2D eigenvalue weighted by molar-refractivity contribution is 5.76. The number of hydrogen-bond acceptors (Lipinski definition) is 5. The molecule has 0 aromatic rings. The Labute approximate surface area is 341 Å². The highest BCUT2D eigenvalue weighted by Gasteiger charge is 2.18. The molecule has 0 bridgehead atoms. The van der Waals surface area contributed by atoms with E-state index in [-0.39, 0.29) is 18.5 Å². The zero-order valence-electron chi connectivity index (χ0n) is 36.7. The average Bonchev–Trinajstić information content (AvgIpc) is 3.18. The van der Waals surface area contributed by atoms with E-state index in [4.69, 9.17) is 4.74 Å². The molecule has 324 valence electrons. The van der Waals surface area contributed by atoms with E-state index >= 15 is 0 Å². The van der Waals surface area contributed by atoms with Crippen LogP contribution < -0.4 is 5.32 Å². The summed E-state index contributed by atoms with van der Waals surface area (Å²) in [5.74, 6) is -0.141. The maximum atomic E-state index is 12.4. The molecule has 0 aromatic carbocycles. The van der Waals surface area contributed by atoms with Crippen molar-refractivity contribution in [3.05, 3.63) is 24.3 Å². The lowest BCUT2D eigenvalue weighted by atomic mass is 10.0. The van der Waals surface area contributed by atoms with Crippen LogP contribution in [0.2, 0.25) is 0 Å². The third kappa shape index (κ3) is 41.8. The van der Waals surface area contributed by atoms with Crippen molar-refractivity contribution in [2.75, 3.05) is 13.2 Å². The Morgan fingerprint density at radius 1 is 0.491 bits per heavy atom. The summed E-state index contributed by atoms with van der Waals surface area (Å²) in [5.41, 5.74) is 0. The zero-order valence-corrected chi connectivity index (χ0v) is 36.7. The van der Waals surface area contributed by atoms with E-state index in [9.17, 15) is 19.8 Å². The Morgan fingerprint density at radius 2 is 0.855 bits per heavy atom. The Bertz CT molecular complexity index is 858. The first-order chi connectivity index (χ1) is 27.0. The van der Waals surface area contributed by atoms with Crippen LogP contribution in [0.15, 0.2) is 24.3 Å². The highest BCUT2D eigenvalue weighted by Crippen LogP contribution is 2.15. The van der Waals surface area contributed by atoms with Crippen LogP contribution in [0.3, 0.4) is 0 Å². The third-order valence-corrected chi connectivity index (χ3v) is 11.0. The quantitative estimate of drug-likeness (QED) is 0.0325. The van der Waals surface area contributed by atoms with Gasteiger partial charge in [0.2, 0.25) is 5.91 Å². The second-order valence-electron chi connectivity index (χ2n) is 16.4. The fourth-order valence-corrected chi connectivity index (χ4v) is 7.21. The zero-order chi connectivity index (χ0) is 40.1.